The zero-order valence-electron chi connectivity index (χ0n) is 15.0. The minimum Gasteiger partial charge on any atom is -0.449 e. The number of aryl methyl sites for hydroxylation is 1. The minimum absolute atomic E-state index is 0.109. The molecule has 3 heterocycles. The number of aliphatic hydroxyl groups excluding tert-OH is 1. The zero-order chi connectivity index (χ0) is 17.7. The fourth-order valence-corrected chi connectivity index (χ4v) is 4.89. The molecule has 1 aliphatic carbocycles. The molecular weight excluding hydrogens is 328 g/mol. The molecule has 2 aromatic heterocycles. The highest BCUT2D eigenvalue weighted by Crippen LogP contribution is 2.42. The average molecular weight is 352 g/mol. The number of aliphatic hydroxyl groups is 1. The maximum atomic E-state index is 10.8. The van der Waals surface area contributed by atoms with Gasteiger partial charge in [0.25, 0.3) is 0 Å². The number of benzene rings is 1. The van der Waals surface area contributed by atoms with Gasteiger partial charge in [-0.2, -0.15) is 0 Å². The quantitative estimate of drug-likeness (QED) is 0.785. The summed E-state index contributed by atoms with van der Waals surface area (Å²) in [5, 5.41) is 10.8. The predicted octanol–water partition coefficient (Wildman–Crippen LogP) is 2.78. The highest BCUT2D eigenvalue weighted by Gasteiger charge is 2.42. The summed E-state index contributed by atoms with van der Waals surface area (Å²) in [6.07, 6.45) is 5.19. The van der Waals surface area contributed by atoms with Gasteiger partial charge in [-0.25, -0.2) is 9.97 Å². The van der Waals surface area contributed by atoms with Gasteiger partial charge in [0.15, 0.2) is 5.89 Å². The number of aromatic nitrogens is 3. The smallest absolute Gasteiger partial charge is 0.191 e. The highest BCUT2D eigenvalue weighted by molar-refractivity contribution is 5.75. The zero-order valence-corrected chi connectivity index (χ0v) is 15.0. The number of imidazole rings is 1. The van der Waals surface area contributed by atoms with E-state index in [1.54, 1.807) is 6.26 Å². The molecule has 6 heteroatoms. The molecule has 1 saturated heterocycles. The summed E-state index contributed by atoms with van der Waals surface area (Å²) in [7, 11) is 0. The molecule has 0 spiro atoms. The standard InChI is InChI=1S/C20H24N4O2/c1-13-22-16(11-26-13)10-23-8-14-6-19(20(25)7-15(14)9-23)24-12-21-17-4-2-3-5-18(17)24/h2-5,11-12,14-15,19-20,25H,6-10H2,1H3/t14-,15+,19-,20-/m1/s1. The molecule has 0 bridgehead atoms. The molecule has 1 aliphatic heterocycles. The Morgan fingerprint density at radius 3 is 2.81 bits per heavy atom. The van der Waals surface area contributed by atoms with Gasteiger partial charge in [-0.3, -0.25) is 4.90 Å². The molecule has 136 valence electrons. The van der Waals surface area contributed by atoms with Crippen molar-refractivity contribution in [3.63, 3.8) is 0 Å². The Hall–Kier alpha value is -2.18. The van der Waals surface area contributed by atoms with Gasteiger partial charge in [0.1, 0.15) is 6.26 Å². The van der Waals surface area contributed by atoms with Gasteiger partial charge in [0.05, 0.1) is 35.2 Å². The molecule has 2 aliphatic rings. The van der Waals surface area contributed by atoms with Gasteiger partial charge >= 0.3 is 0 Å². The molecule has 26 heavy (non-hydrogen) atoms. The van der Waals surface area contributed by atoms with E-state index >= 15 is 0 Å². The third-order valence-corrected chi connectivity index (χ3v) is 6.08. The van der Waals surface area contributed by atoms with Crippen molar-refractivity contribution in [3.05, 3.63) is 48.4 Å². The lowest BCUT2D eigenvalue weighted by molar-refractivity contribution is 0.0374. The first kappa shape index (κ1) is 16.0. The molecule has 4 atom stereocenters. The van der Waals surface area contributed by atoms with Crippen LogP contribution in [0.2, 0.25) is 0 Å². The third kappa shape index (κ3) is 2.73. The molecule has 5 rings (SSSR count). The minimum atomic E-state index is -0.317. The van der Waals surface area contributed by atoms with E-state index in [1.165, 1.54) is 0 Å². The second-order valence-electron chi connectivity index (χ2n) is 7.82. The van der Waals surface area contributed by atoms with Gasteiger partial charge in [-0.1, -0.05) is 12.1 Å². The Morgan fingerprint density at radius 1 is 1.19 bits per heavy atom. The largest absolute Gasteiger partial charge is 0.449 e. The van der Waals surface area contributed by atoms with Crippen LogP contribution in [0.5, 0.6) is 0 Å². The lowest BCUT2D eigenvalue weighted by Gasteiger charge is -2.36. The van der Waals surface area contributed by atoms with Crippen LogP contribution in [0.3, 0.4) is 0 Å². The molecule has 2 fully saturated rings. The number of hydrogen-bond donors (Lipinski definition) is 1. The molecule has 0 amide bonds. The van der Waals surface area contributed by atoms with Gasteiger partial charge in [0.2, 0.25) is 0 Å². The van der Waals surface area contributed by atoms with E-state index in [1.807, 2.05) is 31.5 Å². The Kier molecular flexibility index (Phi) is 3.83. The van der Waals surface area contributed by atoms with Gasteiger partial charge in [-0.05, 0) is 36.8 Å². The van der Waals surface area contributed by atoms with Gasteiger partial charge < -0.3 is 14.1 Å². The van der Waals surface area contributed by atoms with E-state index < -0.39 is 0 Å². The summed E-state index contributed by atoms with van der Waals surface area (Å²) < 4.78 is 7.51. The van der Waals surface area contributed by atoms with Crippen LogP contribution in [0.4, 0.5) is 0 Å². The maximum absolute atomic E-state index is 10.8. The molecule has 0 radical (unpaired) electrons. The number of likely N-dealkylation sites (tertiary alicyclic amines) is 1. The van der Waals surface area contributed by atoms with Crippen LogP contribution in [0.15, 0.2) is 41.3 Å². The van der Waals surface area contributed by atoms with Crippen LogP contribution in [0, 0.1) is 18.8 Å². The SMILES string of the molecule is Cc1nc(CN2C[C@H]3C[C@@H](n4cnc5ccccc54)[C@H](O)C[C@H]3C2)co1. The lowest BCUT2D eigenvalue weighted by Crippen LogP contribution is -2.36. The van der Waals surface area contributed by atoms with Gasteiger partial charge in [0, 0.05) is 26.6 Å². The number of rotatable bonds is 3. The van der Waals surface area contributed by atoms with Crippen molar-refractivity contribution in [2.45, 2.75) is 38.5 Å². The summed E-state index contributed by atoms with van der Waals surface area (Å²) in [5.41, 5.74) is 3.11. The number of fused-ring (bicyclic) bond motifs is 2. The van der Waals surface area contributed by atoms with E-state index in [-0.39, 0.29) is 12.1 Å². The van der Waals surface area contributed by atoms with Crippen LogP contribution in [0.1, 0.15) is 30.5 Å². The summed E-state index contributed by atoms with van der Waals surface area (Å²) in [5.74, 6) is 1.89. The van der Waals surface area contributed by atoms with Crippen LogP contribution < -0.4 is 0 Å². The molecule has 1 saturated carbocycles. The van der Waals surface area contributed by atoms with E-state index in [2.05, 4.69) is 25.5 Å². The first-order valence-electron chi connectivity index (χ1n) is 9.40. The van der Waals surface area contributed by atoms with E-state index in [0.717, 1.165) is 55.1 Å². The first-order chi connectivity index (χ1) is 12.7. The predicted molar refractivity (Wildman–Crippen MR) is 97.5 cm³/mol. The Labute approximate surface area is 152 Å². The fraction of sp³-hybridized carbons (Fsp3) is 0.500. The third-order valence-electron chi connectivity index (χ3n) is 6.08. The van der Waals surface area contributed by atoms with Crippen molar-refractivity contribution in [3.8, 4) is 0 Å². The van der Waals surface area contributed by atoms with Crippen LogP contribution in [-0.2, 0) is 6.54 Å². The summed E-state index contributed by atoms with van der Waals surface area (Å²) in [6, 6.07) is 8.28. The summed E-state index contributed by atoms with van der Waals surface area (Å²) in [6.45, 7) is 4.81. The monoisotopic (exact) mass is 352 g/mol. The number of para-hydroxylation sites is 2. The second-order valence-corrected chi connectivity index (χ2v) is 7.82. The lowest BCUT2D eigenvalue weighted by atomic mass is 9.77. The first-order valence-corrected chi connectivity index (χ1v) is 9.40. The molecule has 1 N–H and O–H groups in total. The van der Waals surface area contributed by atoms with E-state index in [0.29, 0.717) is 11.8 Å². The Bertz CT molecular complexity index is 917. The topological polar surface area (TPSA) is 67.3 Å². The van der Waals surface area contributed by atoms with Crippen molar-refractivity contribution in [1.29, 1.82) is 0 Å². The Balaban J connectivity index is 1.33. The fourth-order valence-electron chi connectivity index (χ4n) is 4.89. The maximum Gasteiger partial charge on any atom is 0.191 e. The van der Waals surface area contributed by atoms with E-state index in [4.69, 9.17) is 4.42 Å². The van der Waals surface area contributed by atoms with E-state index in [9.17, 15) is 5.11 Å². The van der Waals surface area contributed by atoms with Crippen molar-refractivity contribution in [2.24, 2.45) is 11.8 Å². The number of nitrogens with zero attached hydrogens (tertiary/aromatic N) is 4. The van der Waals surface area contributed by atoms with Crippen LogP contribution in [0.25, 0.3) is 11.0 Å². The van der Waals surface area contributed by atoms with Crippen molar-refractivity contribution < 1.29 is 9.52 Å². The summed E-state index contributed by atoms with van der Waals surface area (Å²) in [4.78, 5) is 11.4. The molecule has 1 aromatic carbocycles. The number of hydrogen-bond acceptors (Lipinski definition) is 5. The Morgan fingerprint density at radius 2 is 2.00 bits per heavy atom. The second kappa shape index (κ2) is 6.21. The molecular formula is C20H24N4O2. The van der Waals surface area contributed by atoms with Crippen molar-refractivity contribution in [1.82, 2.24) is 19.4 Å². The normalized spacial score (nSPS) is 29.3. The molecule has 3 aromatic rings. The summed E-state index contributed by atoms with van der Waals surface area (Å²) >= 11 is 0. The van der Waals surface area contributed by atoms with Gasteiger partial charge in [-0.15, -0.1) is 0 Å². The van der Waals surface area contributed by atoms with Crippen LogP contribution >= 0.6 is 0 Å². The average Bonchev–Trinajstić information content (AvgIpc) is 3.32. The molecule has 6 nitrogen and oxygen atoms in total. The van der Waals surface area contributed by atoms with Crippen molar-refractivity contribution >= 4 is 11.0 Å². The molecule has 0 unspecified atom stereocenters. The highest BCUT2D eigenvalue weighted by atomic mass is 16.3. The number of oxazole rings is 1. The van der Waals surface area contributed by atoms with Crippen molar-refractivity contribution in [2.75, 3.05) is 13.1 Å². The van der Waals surface area contributed by atoms with Crippen LogP contribution in [-0.4, -0.2) is 43.7 Å².